The van der Waals surface area contributed by atoms with Gasteiger partial charge in [0, 0.05) is 5.69 Å². The van der Waals surface area contributed by atoms with Crippen molar-refractivity contribution in [3.63, 3.8) is 0 Å². The van der Waals surface area contributed by atoms with E-state index >= 15 is 0 Å². The Balaban J connectivity index is 2.72. The summed E-state index contributed by atoms with van der Waals surface area (Å²) in [7, 11) is -3.43. The molecule has 8 heteroatoms. The molecule has 1 N–H and O–H groups in total. The van der Waals surface area contributed by atoms with Crippen molar-refractivity contribution >= 4 is 31.6 Å². The van der Waals surface area contributed by atoms with E-state index in [9.17, 15) is 17.2 Å². The van der Waals surface area contributed by atoms with E-state index in [0.29, 0.717) is 0 Å². The number of halogens is 3. The van der Waals surface area contributed by atoms with Crippen molar-refractivity contribution in [3.05, 3.63) is 24.3 Å². The molecule has 0 spiro atoms. The number of alkyl halides is 3. The van der Waals surface area contributed by atoms with Gasteiger partial charge in [0.1, 0.15) is 10.4 Å². The number of sulfonamides is 1. The molecule has 0 aliphatic carbocycles. The zero-order valence-electron chi connectivity index (χ0n) is 7.86. The summed E-state index contributed by atoms with van der Waals surface area (Å²) in [5, 5.41) is 0. The summed E-state index contributed by atoms with van der Waals surface area (Å²) in [6.07, 6.45) is 0. The van der Waals surface area contributed by atoms with Gasteiger partial charge in [-0.3, -0.25) is 4.72 Å². The van der Waals surface area contributed by atoms with Crippen LogP contribution >= 0.6 is 15.9 Å². The van der Waals surface area contributed by atoms with Gasteiger partial charge in [-0.25, -0.2) is 8.42 Å². The van der Waals surface area contributed by atoms with Gasteiger partial charge in [-0.05, 0) is 24.3 Å². The lowest BCUT2D eigenvalue weighted by atomic mass is 10.3. The molecule has 4 nitrogen and oxygen atoms in total. The van der Waals surface area contributed by atoms with Crippen LogP contribution in [0.25, 0.3) is 0 Å². The normalized spacial score (nSPS) is 11.5. The summed E-state index contributed by atoms with van der Waals surface area (Å²) in [6.45, 7) is -2.90. The molecule has 0 heterocycles. The van der Waals surface area contributed by atoms with Crippen molar-refractivity contribution in [1.82, 2.24) is 0 Å². The molecule has 1 rings (SSSR count). The quantitative estimate of drug-likeness (QED) is 0.849. The van der Waals surface area contributed by atoms with Gasteiger partial charge in [-0.2, -0.15) is 8.78 Å². The van der Waals surface area contributed by atoms with Crippen molar-refractivity contribution in [3.8, 4) is 5.75 Å². The maximum absolute atomic E-state index is 11.8. The van der Waals surface area contributed by atoms with Crippen molar-refractivity contribution in [2.24, 2.45) is 0 Å². The number of rotatable bonds is 5. The van der Waals surface area contributed by atoms with Gasteiger partial charge in [0.15, 0.2) is 0 Å². The largest absolute Gasteiger partial charge is 0.435 e. The lowest BCUT2D eigenvalue weighted by Gasteiger charge is -2.07. The highest BCUT2D eigenvalue weighted by atomic mass is 79.9. The van der Waals surface area contributed by atoms with Crippen LogP contribution in [0, 0.1) is 0 Å². The SMILES string of the molecule is O=S(=O)(CBr)Nc1ccc(OC(F)F)cc1. The molecule has 1 aromatic carbocycles. The third kappa shape index (κ3) is 4.31. The minimum absolute atomic E-state index is 0.0307. The Bertz CT molecular complexity index is 435. The highest BCUT2D eigenvalue weighted by molar-refractivity contribution is 9.10. The molecular weight excluding hydrogens is 308 g/mol. The van der Waals surface area contributed by atoms with Gasteiger partial charge < -0.3 is 4.74 Å². The van der Waals surface area contributed by atoms with Gasteiger partial charge in [0.2, 0.25) is 10.0 Å². The molecule has 90 valence electrons. The van der Waals surface area contributed by atoms with E-state index in [4.69, 9.17) is 0 Å². The number of anilines is 1. The Labute approximate surface area is 99.8 Å². The molecule has 0 atom stereocenters. The van der Waals surface area contributed by atoms with Crippen LogP contribution in [0.3, 0.4) is 0 Å². The van der Waals surface area contributed by atoms with Gasteiger partial charge in [-0.15, -0.1) is 0 Å². The van der Waals surface area contributed by atoms with E-state index in [-0.39, 0.29) is 16.1 Å². The molecule has 0 bridgehead atoms. The average molecular weight is 316 g/mol. The molecule has 0 aromatic heterocycles. The van der Waals surface area contributed by atoms with Gasteiger partial charge in [0.05, 0.1) is 0 Å². The molecule has 0 aliphatic rings. The fraction of sp³-hybridized carbons (Fsp3) is 0.250. The van der Waals surface area contributed by atoms with E-state index in [2.05, 4.69) is 25.4 Å². The smallest absolute Gasteiger partial charge is 0.387 e. The summed E-state index contributed by atoms with van der Waals surface area (Å²) in [5.41, 5.74) is 0.279. The predicted octanol–water partition coefficient (Wildman–Crippen LogP) is 2.38. The molecule has 1 aromatic rings. The van der Waals surface area contributed by atoms with Crippen molar-refractivity contribution < 1.29 is 21.9 Å². The third-order valence-corrected chi connectivity index (χ3v) is 4.14. The highest BCUT2D eigenvalue weighted by Gasteiger charge is 2.08. The fourth-order valence-electron chi connectivity index (χ4n) is 0.911. The minimum Gasteiger partial charge on any atom is -0.435 e. The second kappa shape index (κ2) is 5.44. The van der Waals surface area contributed by atoms with E-state index in [1.165, 1.54) is 24.3 Å². The first-order valence-electron chi connectivity index (χ1n) is 4.04. The van der Waals surface area contributed by atoms with Crippen LogP contribution in [0.4, 0.5) is 14.5 Å². The van der Waals surface area contributed by atoms with Gasteiger partial charge >= 0.3 is 6.61 Å². The second-order valence-corrected chi connectivity index (χ2v) is 5.75. The molecule has 0 fully saturated rings. The number of hydrogen-bond donors (Lipinski definition) is 1. The Kier molecular flexibility index (Phi) is 4.48. The molecule has 0 saturated carbocycles. The first kappa shape index (κ1) is 13.2. The van der Waals surface area contributed by atoms with Crippen LogP contribution < -0.4 is 9.46 Å². The molecule has 0 aliphatic heterocycles. The molecule has 0 saturated heterocycles. The van der Waals surface area contributed by atoms with E-state index in [0.717, 1.165) is 0 Å². The zero-order chi connectivity index (χ0) is 12.2. The zero-order valence-corrected chi connectivity index (χ0v) is 10.3. The van der Waals surface area contributed by atoms with Crippen LogP contribution in [0.5, 0.6) is 5.75 Å². The van der Waals surface area contributed by atoms with E-state index < -0.39 is 16.6 Å². The van der Waals surface area contributed by atoms with E-state index in [1.54, 1.807) is 0 Å². The number of hydrogen-bond acceptors (Lipinski definition) is 3. The van der Waals surface area contributed by atoms with Crippen LogP contribution in [0.2, 0.25) is 0 Å². The second-order valence-electron chi connectivity index (χ2n) is 2.73. The molecular formula is C8H8BrF2NO3S. The van der Waals surface area contributed by atoms with Gasteiger partial charge in [0.25, 0.3) is 0 Å². The standard InChI is InChI=1S/C8H8BrF2NO3S/c9-5-16(13,14)12-6-1-3-7(4-2-6)15-8(10)11/h1-4,8,12H,5H2. The molecule has 0 unspecified atom stereocenters. The predicted molar refractivity (Wildman–Crippen MR) is 59.4 cm³/mol. The Morgan fingerprint density at radius 3 is 2.31 bits per heavy atom. The van der Waals surface area contributed by atoms with Crippen molar-refractivity contribution in [2.75, 3.05) is 9.38 Å². The van der Waals surface area contributed by atoms with E-state index in [1.807, 2.05) is 0 Å². The maximum atomic E-state index is 11.8. The fourth-order valence-corrected chi connectivity index (χ4v) is 1.80. The highest BCUT2D eigenvalue weighted by Crippen LogP contribution is 2.18. The molecule has 0 amide bonds. The maximum Gasteiger partial charge on any atom is 0.387 e. The van der Waals surface area contributed by atoms with Crippen LogP contribution in [0.1, 0.15) is 0 Å². The summed E-state index contributed by atoms with van der Waals surface area (Å²) in [5.74, 6) is -0.0307. The third-order valence-electron chi connectivity index (χ3n) is 1.50. The number of nitrogens with one attached hydrogen (secondary N) is 1. The first-order chi connectivity index (χ1) is 7.43. The van der Waals surface area contributed by atoms with Crippen LogP contribution in [0.15, 0.2) is 24.3 Å². The summed E-state index contributed by atoms with van der Waals surface area (Å²) < 4.78 is 52.0. The Morgan fingerprint density at radius 1 is 1.31 bits per heavy atom. The van der Waals surface area contributed by atoms with Crippen LogP contribution in [-0.2, 0) is 10.0 Å². The summed E-state index contributed by atoms with van der Waals surface area (Å²) >= 11 is 2.80. The number of ether oxygens (including phenoxy) is 1. The van der Waals surface area contributed by atoms with Crippen LogP contribution in [-0.4, -0.2) is 19.7 Å². The van der Waals surface area contributed by atoms with Crippen molar-refractivity contribution in [2.45, 2.75) is 6.61 Å². The first-order valence-corrected chi connectivity index (χ1v) is 6.81. The Morgan fingerprint density at radius 2 is 1.88 bits per heavy atom. The lowest BCUT2D eigenvalue weighted by molar-refractivity contribution is -0.0498. The summed E-state index contributed by atoms with van der Waals surface area (Å²) in [6, 6.07) is 5.16. The topological polar surface area (TPSA) is 55.4 Å². The van der Waals surface area contributed by atoms with Gasteiger partial charge in [-0.1, -0.05) is 15.9 Å². The Hall–Kier alpha value is -0.890. The number of benzene rings is 1. The molecule has 0 radical (unpaired) electrons. The average Bonchev–Trinajstić information content (AvgIpc) is 2.20. The van der Waals surface area contributed by atoms with Crippen molar-refractivity contribution in [1.29, 1.82) is 0 Å². The molecule has 16 heavy (non-hydrogen) atoms. The lowest BCUT2D eigenvalue weighted by Crippen LogP contribution is -2.13. The monoisotopic (exact) mass is 315 g/mol. The summed E-state index contributed by atoms with van der Waals surface area (Å²) in [4.78, 5) is 0. The minimum atomic E-state index is -3.43.